The van der Waals surface area contributed by atoms with Crippen LogP contribution in [0.5, 0.6) is 11.8 Å². The largest absolute Gasteiger partial charge is 0.477 e. The van der Waals surface area contributed by atoms with Crippen molar-refractivity contribution in [1.82, 2.24) is 15.3 Å². The number of ether oxygens (including phenoxy) is 2. The molecule has 1 aromatic rings. The maximum Gasteiger partial charge on any atom is 0.235 e. The van der Waals surface area contributed by atoms with E-state index >= 15 is 0 Å². The Balaban J connectivity index is 1.94. The van der Waals surface area contributed by atoms with E-state index in [-0.39, 0.29) is 6.10 Å². The van der Waals surface area contributed by atoms with Crippen LogP contribution in [0.2, 0.25) is 0 Å². The predicted octanol–water partition coefficient (Wildman–Crippen LogP) is 1.01. The minimum Gasteiger partial charge on any atom is -0.477 e. The zero-order valence-corrected chi connectivity index (χ0v) is 9.48. The molecule has 0 bridgehead atoms. The molecule has 0 amide bonds. The second-order valence-electron chi connectivity index (χ2n) is 3.70. The first-order valence-corrected chi connectivity index (χ1v) is 5.70. The molecule has 5 heteroatoms. The average Bonchev–Trinajstić information content (AvgIpc) is 2.31. The van der Waals surface area contributed by atoms with Gasteiger partial charge >= 0.3 is 0 Å². The minimum absolute atomic E-state index is 0.243. The van der Waals surface area contributed by atoms with Crippen molar-refractivity contribution in [3.63, 3.8) is 0 Å². The third kappa shape index (κ3) is 3.06. The fourth-order valence-corrected chi connectivity index (χ4v) is 1.69. The first-order chi connectivity index (χ1) is 7.88. The maximum atomic E-state index is 5.75. The van der Waals surface area contributed by atoms with Crippen molar-refractivity contribution in [1.29, 1.82) is 0 Å². The van der Waals surface area contributed by atoms with Crippen LogP contribution in [-0.4, -0.2) is 35.8 Å². The lowest BCUT2D eigenvalue weighted by atomic mass is 10.1. The summed E-state index contributed by atoms with van der Waals surface area (Å²) in [5.74, 6) is 1.08. The molecule has 1 aromatic heterocycles. The standard InChI is InChI=1S/C11H17N3O2/c1-2-15-10-7-13-8-11(14-10)16-9-3-5-12-6-4-9/h7-9,12H,2-6H2,1H3. The topological polar surface area (TPSA) is 56.3 Å². The van der Waals surface area contributed by atoms with Crippen molar-refractivity contribution in [3.8, 4) is 11.8 Å². The van der Waals surface area contributed by atoms with Crippen LogP contribution in [0.4, 0.5) is 0 Å². The van der Waals surface area contributed by atoms with Gasteiger partial charge in [-0.1, -0.05) is 0 Å². The number of rotatable bonds is 4. The Bertz CT molecular complexity index is 327. The fraction of sp³-hybridized carbons (Fsp3) is 0.636. The average molecular weight is 223 g/mol. The van der Waals surface area contributed by atoms with E-state index in [4.69, 9.17) is 9.47 Å². The van der Waals surface area contributed by atoms with Crippen molar-refractivity contribution >= 4 is 0 Å². The Hall–Kier alpha value is -1.36. The van der Waals surface area contributed by atoms with Crippen molar-refractivity contribution in [2.75, 3.05) is 19.7 Å². The van der Waals surface area contributed by atoms with Gasteiger partial charge in [0.15, 0.2) is 0 Å². The normalized spacial score (nSPS) is 17.1. The number of aromatic nitrogens is 2. The number of nitrogens with zero attached hydrogens (tertiary/aromatic N) is 2. The lowest BCUT2D eigenvalue weighted by Gasteiger charge is -2.23. The summed E-state index contributed by atoms with van der Waals surface area (Å²) in [5.41, 5.74) is 0. The Labute approximate surface area is 95.2 Å². The van der Waals surface area contributed by atoms with Crippen molar-refractivity contribution in [3.05, 3.63) is 12.4 Å². The molecule has 0 saturated carbocycles. The summed E-state index contributed by atoms with van der Waals surface area (Å²) in [5, 5.41) is 3.29. The van der Waals surface area contributed by atoms with Gasteiger partial charge in [-0.3, -0.25) is 4.98 Å². The number of hydrogen-bond donors (Lipinski definition) is 1. The van der Waals surface area contributed by atoms with E-state index in [2.05, 4.69) is 15.3 Å². The molecule has 0 aromatic carbocycles. The van der Waals surface area contributed by atoms with Crippen LogP contribution in [0.25, 0.3) is 0 Å². The summed E-state index contributed by atoms with van der Waals surface area (Å²) in [7, 11) is 0. The molecular formula is C11H17N3O2. The third-order valence-electron chi connectivity index (χ3n) is 2.46. The second-order valence-corrected chi connectivity index (χ2v) is 3.70. The summed E-state index contributed by atoms with van der Waals surface area (Å²) >= 11 is 0. The molecule has 0 spiro atoms. The maximum absolute atomic E-state index is 5.75. The Morgan fingerprint density at radius 3 is 2.81 bits per heavy atom. The summed E-state index contributed by atoms with van der Waals surface area (Å²) in [6.07, 6.45) is 5.50. The van der Waals surface area contributed by atoms with Crippen LogP contribution >= 0.6 is 0 Å². The first kappa shape index (κ1) is 11.1. The molecule has 88 valence electrons. The molecule has 2 rings (SSSR count). The fourth-order valence-electron chi connectivity index (χ4n) is 1.69. The van der Waals surface area contributed by atoms with Crippen LogP contribution in [0.3, 0.4) is 0 Å². The number of piperidine rings is 1. The van der Waals surface area contributed by atoms with Gasteiger partial charge in [0, 0.05) is 0 Å². The lowest BCUT2D eigenvalue weighted by molar-refractivity contribution is 0.153. The van der Waals surface area contributed by atoms with Crippen LogP contribution < -0.4 is 14.8 Å². The van der Waals surface area contributed by atoms with E-state index in [1.165, 1.54) is 0 Å². The smallest absolute Gasteiger partial charge is 0.235 e. The molecule has 1 aliphatic heterocycles. The molecule has 0 atom stereocenters. The molecule has 16 heavy (non-hydrogen) atoms. The summed E-state index contributed by atoms with van der Waals surface area (Å²) in [6, 6.07) is 0. The van der Waals surface area contributed by atoms with Gasteiger partial charge in [-0.05, 0) is 32.9 Å². The summed E-state index contributed by atoms with van der Waals surface area (Å²) in [4.78, 5) is 8.27. The van der Waals surface area contributed by atoms with Gasteiger partial charge in [0.2, 0.25) is 11.8 Å². The van der Waals surface area contributed by atoms with Gasteiger partial charge in [-0.15, -0.1) is 0 Å². The molecule has 2 heterocycles. The Morgan fingerprint density at radius 1 is 1.31 bits per heavy atom. The van der Waals surface area contributed by atoms with E-state index in [1.807, 2.05) is 6.92 Å². The molecule has 1 fully saturated rings. The highest BCUT2D eigenvalue weighted by Crippen LogP contribution is 2.15. The Morgan fingerprint density at radius 2 is 2.06 bits per heavy atom. The van der Waals surface area contributed by atoms with Gasteiger partial charge < -0.3 is 14.8 Å². The zero-order valence-electron chi connectivity index (χ0n) is 9.48. The van der Waals surface area contributed by atoms with Crippen molar-refractivity contribution in [2.45, 2.75) is 25.9 Å². The molecule has 1 aliphatic rings. The van der Waals surface area contributed by atoms with Gasteiger partial charge in [0.1, 0.15) is 6.10 Å². The SMILES string of the molecule is CCOc1cncc(OC2CCNCC2)n1. The van der Waals surface area contributed by atoms with Gasteiger partial charge in [0.25, 0.3) is 0 Å². The molecule has 5 nitrogen and oxygen atoms in total. The molecule has 1 saturated heterocycles. The lowest BCUT2D eigenvalue weighted by Crippen LogP contribution is -2.34. The summed E-state index contributed by atoms with van der Waals surface area (Å²) < 4.78 is 11.0. The molecular weight excluding hydrogens is 206 g/mol. The van der Waals surface area contributed by atoms with Crippen molar-refractivity contribution < 1.29 is 9.47 Å². The van der Waals surface area contributed by atoms with Gasteiger partial charge in [-0.25, -0.2) is 0 Å². The molecule has 0 aliphatic carbocycles. The number of hydrogen-bond acceptors (Lipinski definition) is 5. The van der Waals surface area contributed by atoms with E-state index in [0.717, 1.165) is 25.9 Å². The highest BCUT2D eigenvalue weighted by atomic mass is 16.5. The first-order valence-electron chi connectivity index (χ1n) is 5.70. The predicted molar refractivity (Wildman–Crippen MR) is 59.7 cm³/mol. The van der Waals surface area contributed by atoms with Crippen molar-refractivity contribution in [2.24, 2.45) is 0 Å². The van der Waals surface area contributed by atoms with Crippen LogP contribution in [0, 0.1) is 0 Å². The third-order valence-corrected chi connectivity index (χ3v) is 2.46. The van der Waals surface area contributed by atoms with Gasteiger partial charge in [0.05, 0.1) is 19.0 Å². The zero-order chi connectivity index (χ0) is 11.2. The van der Waals surface area contributed by atoms with E-state index in [0.29, 0.717) is 18.4 Å². The highest BCUT2D eigenvalue weighted by molar-refractivity contribution is 5.13. The number of nitrogens with one attached hydrogen (secondary N) is 1. The minimum atomic E-state index is 0.243. The van der Waals surface area contributed by atoms with Crippen LogP contribution in [0.15, 0.2) is 12.4 Å². The quantitative estimate of drug-likeness (QED) is 0.825. The van der Waals surface area contributed by atoms with E-state index in [1.54, 1.807) is 12.4 Å². The summed E-state index contributed by atoms with van der Waals surface area (Å²) in [6.45, 7) is 4.51. The van der Waals surface area contributed by atoms with Crippen LogP contribution in [-0.2, 0) is 0 Å². The molecule has 1 N–H and O–H groups in total. The Kier molecular flexibility index (Phi) is 3.93. The monoisotopic (exact) mass is 223 g/mol. The van der Waals surface area contributed by atoms with Crippen LogP contribution in [0.1, 0.15) is 19.8 Å². The highest BCUT2D eigenvalue weighted by Gasteiger charge is 2.15. The molecule has 0 radical (unpaired) electrons. The second kappa shape index (κ2) is 5.65. The van der Waals surface area contributed by atoms with E-state index in [9.17, 15) is 0 Å². The molecule has 0 unspecified atom stereocenters. The van der Waals surface area contributed by atoms with Gasteiger partial charge in [-0.2, -0.15) is 4.98 Å². The van der Waals surface area contributed by atoms with E-state index < -0.39 is 0 Å².